The number of nitrogens with two attached hydrogens (primary N) is 2. The maximum absolute atomic E-state index is 10.6. The zero-order valence-corrected chi connectivity index (χ0v) is 7.97. The Labute approximate surface area is 86.4 Å². The first-order valence-corrected chi connectivity index (χ1v) is 4.24. The zero-order valence-electron chi connectivity index (χ0n) is 7.97. The van der Waals surface area contributed by atoms with Crippen LogP contribution in [0.5, 0.6) is 11.5 Å². The molecule has 82 valence electrons. The van der Waals surface area contributed by atoms with Crippen LogP contribution in [0.2, 0.25) is 0 Å². The number of amides is 1. The molecule has 1 rings (SSSR count). The highest BCUT2D eigenvalue weighted by Crippen LogP contribution is 2.29. The average Bonchev–Trinajstić information content (AvgIpc) is 2.16. The molecule has 0 aliphatic rings. The number of anilines is 1. The second-order valence-electron chi connectivity index (χ2n) is 2.70. The SMILES string of the molecule is NC(=O)Oc1cc(N)ccc1OCCO. The first-order valence-electron chi connectivity index (χ1n) is 4.24. The third-order valence-corrected chi connectivity index (χ3v) is 1.53. The fraction of sp³-hybridized carbons (Fsp3) is 0.222. The summed E-state index contributed by atoms with van der Waals surface area (Å²) in [6.45, 7) is -0.0422. The summed E-state index contributed by atoms with van der Waals surface area (Å²) in [6, 6.07) is 4.53. The first kappa shape index (κ1) is 11.1. The molecule has 0 aromatic heterocycles. The molecule has 15 heavy (non-hydrogen) atoms. The number of hydrogen-bond donors (Lipinski definition) is 3. The van der Waals surface area contributed by atoms with Crippen LogP contribution in [0.1, 0.15) is 0 Å². The van der Waals surface area contributed by atoms with Gasteiger partial charge in [-0.05, 0) is 12.1 Å². The van der Waals surface area contributed by atoms with E-state index in [1.807, 2.05) is 0 Å². The Kier molecular flexibility index (Phi) is 3.75. The van der Waals surface area contributed by atoms with Crippen molar-refractivity contribution in [3.05, 3.63) is 18.2 Å². The minimum absolute atomic E-state index is 0.0963. The Balaban J connectivity index is 2.87. The second kappa shape index (κ2) is 5.06. The fourth-order valence-corrected chi connectivity index (χ4v) is 0.988. The van der Waals surface area contributed by atoms with Gasteiger partial charge in [0.2, 0.25) is 0 Å². The molecule has 0 aliphatic heterocycles. The Morgan fingerprint density at radius 3 is 2.73 bits per heavy atom. The van der Waals surface area contributed by atoms with Gasteiger partial charge in [-0.3, -0.25) is 0 Å². The number of aliphatic hydroxyl groups excluding tert-OH is 1. The molecule has 0 saturated carbocycles. The lowest BCUT2D eigenvalue weighted by Crippen LogP contribution is -2.17. The summed E-state index contributed by atoms with van der Waals surface area (Å²) < 4.78 is 9.78. The maximum atomic E-state index is 10.6. The number of nitrogen functional groups attached to an aromatic ring is 1. The Hall–Kier alpha value is -1.95. The van der Waals surface area contributed by atoms with Crippen molar-refractivity contribution in [3.63, 3.8) is 0 Å². The Bertz CT molecular complexity index is 354. The molecular formula is C9H12N2O4. The van der Waals surface area contributed by atoms with E-state index in [2.05, 4.69) is 4.74 Å². The Morgan fingerprint density at radius 1 is 1.40 bits per heavy atom. The molecule has 0 fully saturated rings. The van der Waals surface area contributed by atoms with Gasteiger partial charge in [-0.1, -0.05) is 0 Å². The molecule has 0 heterocycles. The van der Waals surface area contributed by atoms with Crippen molar-refractivity contribution in [2.75, 3.05) is 18.9 Å². The van der Waals surface area contributed by atoms with Crippen molar-refractivity contribution < 1.29 is 19.4 Å². The molecule has 1 aromatic carbocycles. The quantitative estimate of drug-likeness (QED) is 0.613. The summed E-state index contributed by atoms with van der Waals surface area (Å²) >= 11 is 0. The highest BCUT2D eigenvalue weighted by Gasteiger charge is 2.08. The predicted octanol–water partition coefficient (Wildman–Crippen LogP) is 0.0974. The molecule has 0 bridgehead atoms. The van der Waals surface area contributed by atoms with Crippen LogP contribution in [-0.2, 0) is 0 Å². The van der Waals surface area contributed by atoms with Gasteiger partial charge in [-0.2, -0.15) is 0 Å². The maximum Gasteiger partial charge on any atom is 0.410 e. The normalized spacial score (nSPS) is 9.67. The van der Waals surface area contributed by atoms with Crippen molar-refractivity contribution in [1.29, 1.82) is 0 Å². The minimum Gasteiger partial charge on any atom is -0.487 e. The molecule has 0 atom stereocenters. The van der Waals surface area contributed by atoms with E-state index in [-0.39, 0.29) is 19.0 Å². The number of carbonyl (C=O) groups excluding carboxylic acids is 1. The van der Waals surface area contributed by atoms with E-state index in [1.54, 1.807) is 6.07 Å². The van der Waals surface area contributed by atoms with E-state index >= 15 is 0 Å². The molecule has 5 N–H and O–H groups in total. The standard InChI is InChI=1S/C9H12N2O4/c10-6-1-2-7(14-4-3-12)8(5-6)15-9(11)13/h1-2,5,12H,3-4,10H2,(H2,11,13). The summed E-state index contributed by atoms with van der Waals surface area (Å²) in [4.78, 5) is 10.6. The molecule has 1 amide bonds. The topological polar surface area (TPSA) is 108 Å². The summed E-state index contributed by atoms with van der Waals surface area (Å²) in [5.41, 5.74) is 10.8. The lowest BCUT2D eigenvalue weighted by Gasteiger charge is -2.10. The van der Waals surface area contributed by atoms with Gasteiger partial charge >= 0.3 is 6.09 Å². The smallest absolute Gasteiger partial charge is 0.410 e. The van der Waals surface area contributed by atoms with Gasteiger partial charge in [-0.15, -0.1) is 0 Å². The lowest BCUT2D eigenvalue weighted by molar-refractivity contribution is 0.190. The van der Waals surface area contributed by atoms with Crippen molar-refractivity contribution in [1.82, 2.24) is 0 Å². The van der Waals surface area contributed by atoms with Crippen LogP contribution < -0.4 is 20.9 Å². The number of primary amides is 1. The molecule has 0 unspecified atom stereocenters. The predicted molar refractivity (Wildman–Crippen MR) is 53.6 cm³/mol. The van der Waals surface area contributed by atoms with Crippen molar-refractivity contribution >= 4 is 11.8 Å². The summed E-state index contributed by atoms with van der Waals surface area (Å²) in [7, 11) is 0. The van der Waals surface area contributed by atoms with Crippen LogP contribution in [0.15, 0.2) is 18.2 Å². The monoisotopic (exact) mass is 212 g/mol. The highest BCUT2D eigenvalue weighted by molar-refractivity contribution is 5.70. The molecule has 0 radical (unpaired) electrons. The molecule has 0 spiro atoms. The minimum atomic E-state index is -0.950. The lowest BCUT2D eigenvalue weighted by atomic mass is 10.3. The summed E-state index contributed by atoms with van der Waals surface area (Å²) in [5, 5.41) is 8.57. The van der Waals surface area contributed by atoms with Gasteiger partial charge in [0.25, 0.3) is 0 Å². The largest absolute Gasteiger partial charge is 0.487 e. The molecular weight excluding hydrogens is 200 g/mol. The third kappa shape index (κ3) is 3.35. The van der Waals surface area contributed by atoms with Gasteiger partial charge in [0.1, 0.15) is 6.61 Å². The molecule has 0 aliphatic carbocycles. The van der Waals surface area contributed by atoms with Crippen LogP contribution in [0.4, 0.5) is 10.5 Å². The van der Waals surface area contributed by atoms with E-state index in [0.29, 0.717) is 11.4 Å². The van der Waals surface area contributed by atoms with Crippen LogP contribution in [0.3, 0.4) is 0 Å². The van der Waals surface area contributed by atoms with Gasteiger partial charge in [0, 0.05) is 11.8 Å². The van der Waals surface area contributed by atoms with E-state index in [9.17, 15) is 4.79 Å². The number of rotatable bonds is 4. The van der Waals surface area contributed by atoms with Crippen LogP contribution >= 0.6 is 0 Å². The van der Waals surface area contributed by atoms with Crippen LogP contribution in [0, 0.1) is 0 Å². The third-order valence-electron chi connectivity index (χ3n) is 1.53. The Morgan fingerprint density at radius 2 is 2.13 bits per heavy atom. The number of carbonyl (C=O) groups is 1. The first-order chi connectivity index (χ1) is 7.13. The van der Waals surface area contributed by atoms with Gasteiger partial charge in [-0.25, -0.2) is 4.79 Å². The number of hydrogen-bond acceptors (Lipinski definition) is 5. The molecule has 0 saturated heterocycles. The number of ether oxygens (including phenoxy) is 2. The molecule has 6 nitrogen and oxygen atoms in total. The van der Waals surface area contributed by atoms with Crippen LogP contribution in [0.25, 0.3) is 0 Å². The van der Waals surface area contributed by atoms with Crippen molar-refractivity contribution in [2.24, 2.45) is 5.73 Å². The highest BCUT2D eigenvalue weighted by atomic mass is 16.6. The summed E-state index contributed by atoms with van der Waals surface area (Å²) in [6.07, 6.45) is -0.950. The molecule has 6 heteroatoms. The van der Waals surface area contributed by atoms with Crippen molar-refractivity contribution in [3.8, 4) is 11.5 Å². The zero-order chi connectivity index (χ0) is 11.3. The van der Waals surface area contributed by atoms with Gasteiger partial charge in [0.05, 0.1) is 6.61 Å². The van der Waals surface area contributed by atoms with E-state index in [4.69, 9.17) is 21.3 Å². The number of benzene rings is 1. The fourth-order valence-electron chi connectivity index (χ4n) is 0.988. The van der Waals surface area contributed by atoms with Gasteiger partial charge in [0.15, 0.2) is 11.5 Å². The van der Waals surface area contributed by atoms with E-state index in [1.165, 1.54) is 12.1 Å². The number of aliphatic hydroxyl groups is 1. The van der Waals surface area contributed by atoms with E-state index in [0.717, 1.165) is 0 Å². The van der Waals surface area contributed by atoms with Crippen molar-refractivity contribution in [2.45, 2.75) is 0 Å². The van der Waals surface area contributed by atoms with Crippen LogP contribution in [-0.4, -0.2) is 24.4 Å². The van der Waals surface area contributed by atoms with E-state index < -0.39 is 6.09 Å². The molecule has 1 aromatic rings. The van der Waals surface area contributed by atoms with Gasteiger partial charge < -0.3 is 26.0 Å². The summed E-state index contributed by atoms with van der Waals surface area (Å²) in [5.74, 6) is 0.438. The average molecular weight is 212 g/mol. The second-order valence-corrected chi connectivity index (χ2v) is 2.70.